The van der Waals surface area contributed by atoms with Gasteiger partial charge in [-0.25, -0.2) is 8.42 Å². The molecule has 0 aromatic heterocycles. The van der Waals surface area contributed by atoms with Gasteiger partial charge in [-0.3, -0.25) is 4.79 Å². The molecule has 2 aromatic carbocycles. The number of nitrogens with one attached hydrogen (secondary N) is 1. The lowest BCUT2D eigenvalue weighted by Gasteiger charge is -2.19. The Balaban J connectivity index is 2.16. The van der Waals surface area contributed by atoms with Crippen LogP contribution in [0.25, 0.3) is 0 Å². The lowest BCUT2D eigenvalue weighted by atomic mass is 10.1. The summed E-state index contributed by atoms with van der Waals surface area (Å²) >= 11 is 0. The Morgan fingerprint density at radius 3 is 2.04 bits per heavy atom. The van der Waals surface area contributed by atoms with Crippen LogP contribution in [0.15, 0.2) is 78.7 Å². The maximum atomic E-state index is 12.6. The number of anilines is 1. The molecule has 1 N–H and O–H groups in total. The van der Waals surface area contributed by atoms with Gasteiger partial charge in [-0.2, -0.15) is 4.31 Å². The van der Waals surface area contributed by atoms with Crippen molar-refractivity contribution in [1.82, 2.24) is 4.31 Å². The summed E-state index contributed by atoms with van der Waals surface area (Å²) < 4.78 is 26.6. The van der Waals surface area contributed by atoms with Gasteiger partial charge in [-0.1, -0.05) is 29.8 Å². The molecule has 2 rings (SSSR count). The second-order valence-electron chi connectivity index (χ2n) is 5.74. The van der Waals surface area contributed by atoms with Crippen molar-refractivity contribution in [1.29, 1.82) is 0 Å². The molecule has 0 atom stereocenters. The third-order valence-corrected chi connectivity index (χ3v) is 5.58. The molecule has 0 aliphatic carbocycles. The summed E-state index contributed by atoms with van der Waals surface area (Å²) in [6, 6.07) is 13.3. The third kappa shape index (κ3) is 4.68. The van der Waals surface area contributed by atoms with E-state index in [4.69, 9.17) is 0 Å². The summed E-state index contributed by atoms with van der Waals surface area (Å²) in [5.74, 6) is -0.249. The van der Waals surface area contributed by atoms with Crippen LogP contribution in [-0.2, 0) is 10.0 Å². The molecule has 0 fully saturated rings. The van der Waals surface area contributed by atoms with Crippen molar-refractivity contribution in [3.63, 3.8) is 0 Å². The molecule has 0 aliphatic rings. The number of nitrogens with zero attached hydrogens (tertiary/aromatic N) is 1. The smallest absolute Gasteiger partial charge is 0.255 e. The maximum Gasteiger partial charge on any atom is 0.255 e. The number of carbonyl (C=O) groups is 1. The molecule has 5 nitrogen and oxygen atoms in total. The average Bonchev–Trinajstić information content (AvgIpc) is 2.62. The van der Waals surface area contributed by atoms with Gasteiger partial charge in [0, 0.05) is 24.3 Å². The first-order chi connectivity index (χ1) is 12.4. The Morgan fingerprint density at radius 2 is 1.54 bits per heavy atom. The minimum Gasteiger partial charge on any atom is -0.322 e. The average molecular weight is 370 g/mol. The van der Waals surface area contributed by atoms with Crippen LogP contribution in [0.2, 0.25) is 0 Å². The van der Waals surface area contributed by atoms with E-state index < -0.39 is 10.0 Å². The van der Waals surface area contributed by atoms with Gasteiger partial charge in [0.2, 0.25) is 10.0 Å². The number of hydrogen-bond donors (Lipinski definition) is 1. The van der Waals surface area contributed by atoms with E-state index in [0.717, 1.165) is 5.56 Å². The van der Waals surface area contributed by atoms with Gasteiger partial charge in [-0.15, -0.1) is 13.2 Å². The van der Waals surface area contributed by atoms with Gasteiger partial charge in [0.1, 0.15) is 0 Å². The van der Waals surface area contributed by atoms with E-state index >= 15 is 0 Å². The molecule has 0 unspecified atom stereocenters. The standard InChI is InChI=1S/C20H22N2O3S/c1-4-14-22(15-5-2)26(24,25)19-12-10-18(11-13-19)21-20(23)17-8-6-16(3)7-9-17/h4-13H,1-2,14-15H2,3H3,(H,21,23). The predicted octanol–water partition coefficient (Wildman–Crippen LogP) is 3.61. The molecule has 0 saturated carbocycles. The Labute approximate surface area is 154 Å². The lowest BCUT2D eigenvalue weighted by molar-refractivity contribution is 0.102. The van der Waals surface area contributed by atoms with Crippen molar-refractivity contribution >= 4 is 21.6 Å². The van der Waals surface area contributed by atoms with Crippen molar-refractivity contribution in [3.05, 3.63) is 85.0 Å². The molecule has 0 saturated heterocycles. The Morgan fingerprint density at radius 1 is 1.00 bits per heavy atom. The number of rotatable bonds is 8. The fourth-order valence-corrected chi connectivity index (χ4v) is 3.71. The number of amides is 1. The van der Waals surface area contributed by atoms with E-state index in [1.54, 1.807) is 24.3 Å². The van der Waals surface area contributed by atoms with Gasteiger partial charge >= 0.3 is 0 Å². The summed E-state index contributed by atoms with van der Waals surface area (Å²) in [4.78, 5) is 12.4. The minimum absolute atomic E-state index is 0.148. The van der Waals surface area contributed by atoms with Crippen LogP contribution in [-0.4, -0.2) is 31.7 Å². The molecule has 6 heteroatoms. The highest BCUT2D eigenvalue weighted by molar-refractivity contribution is 7.89. The minimum atomic E-state index is -3.65. The van der Waals surface area contributed by atoms with Crippen LogP contribution in [0.1, 0.15) is 15.9 Å². The topological polar surface area (TPSA) is 66.5 Å². The second-order valence-corrected chi connectivity index (χ2v) is 7.68. The maximum absolute atomic E-state index is 12.6. The zero-order valence-corrected chi connectivity index (χ0v) is 15.5. The summed E-state index contributed by atoms with van der Waals surface area (Å²) in [5.41, 5.74) is 2.13. The normalized spacial score (nSPS) is 11.2. The van der Waals surface area contributed by atoms with Crippen LogP contribution in [0.4, 0.5) is 5.69 Å². The molecule has 0 heterocycles. The van der Waals surface area contributed by atoms with Crippen LogP contribution in [0.5, 0.6) is 0 Å². The van der Waals surface area contributed by atoms with Crippen molar-refractivity contribution in [2.24, 2.45) is 0 Å². The fraction of sp³-hybridized carbons (Fsp3) is 0.150. The first-order valence-corrected chi connectivity index (χ1v) is 9.52. The molecule has 0 radical (unpaired) electrons. The quantitative estimate of drug-likeness (QED) is 0.722. The molecule has 0 aliphatic heterocycles. The first-order valence-electron chi connectivity index (χ1n) is 8.08. The summed E-state index contributed by atoms with van der Waals surface area (Å²) in [5, 5.41) is 2.76. The fourth-order valence-electron chi connectivity index (χ4n) is 2.33. The van der Waals surface area contributed by atoms with Gasteiger partial charge in [0.15, 0.2) is 0 Å². The molecule has 0 bridgehead atoms. The summed E-state index contributed by atoms with van der Waals surface area (Å²) in [6.45, 7) is 9.50. The van der Waals surface area contributed by atoms with E-state index in [9.17, 15) is 13.2 Å². The molecule has 0 spiro atoms. The highest BCUT2D eigenvalue weighted by Gasteiger charge is 2.22. The first kappa shape index (κ1) is 19.6. The van der Waals surface area contributed by atoms with E-state index in [0.29, 0.717) is 11.3 Å². The highest BCUT2D eigenvalue weighted by Crippen LogP contribution is 2.19. The van der Waals surface area contributed by atoms with E-state index in [1.165, 1.54) is 28.6 Å². The van der Waals surface area contributed by atoms with Crippen LogP contribution < -0.4 is 5.32 Å². The third-order valence-electron chi connectivity index (χ3n) is 3.73. The Hall–Kier alpha value is -2.70. The molecular weight excluding hydrogens is 348 g/mol. The number of sulfonamides is 1. The molecular formula is C20H22N2O3S. The van der Waals surface area contributed by atoms with E-state index in [1.807, 2.05) is 19.1 Å². The van der Waals surface area contributed by atoms with Crippen molar-refractivity contribution < 1.29 is 13.2 Å². The van der Waals surface area contributed by atoms with E-state index in [-0.39, 0.29) is 23.9 Å². The highest BCUT2D eigenvalue weighted by atomic mass is 32.2. The number of benzene rings is 2. The van der Waals surface area contributed by atoms with Crippen molar-refractivity contribution in [3.8, 4) is 0 Å². The summed E-state index contributed by atoms with van der Waals surface area (Å²) in [7, 11) is -3.65. The van der Waals surface area contributed by atoms with Crippen molar-refractivity contribution in [2.75, 3.05) is 18.4 Å². The predicted molar refractivity (Wildman–Crippen MR) is 105 cm³/mol. The zero-order chi connectivity index (χ0) is 19.2. The monoisotopic (exact) mass is 370 g/mol. The zero-order valence-electron chi connectivity index (χ0n) is 14.7. The molecule has 1 amide bonds. The Bertz CT molecular complexity index is 876. The molecule has 136 valence electrons. The SMILES string of the molecule is C=CCN(CC=C)S(=O)(=O)c1ccc(NC(=O)c2ccc(C)cc2)cc1. The summed E-state index contributed by atoms with van der Waals surface area (Å²) in [6.07, 6.45) is 3.05. The van der Waals surface area contributed by atoms with Crippen molar-refractivity contribution in [2.45, 2.75) is 11.8 Å². The van der Waals surface area contributed by atoms with Gasteiger partial charge in [-0.05, 0) is 43.3 Å². The van der Waals surface area contributed by atoms with Crippen LogP contribution >= 0.6 is 0 Å². The van der Waals surface area contributed by atoms with Crippen LogP contribution in [0.3, 0.4) is 0 Å². The lowest BCUT2D eigenvalue weighted by Crippen LogP contribution is -2.31. The number of hydrogen-bond acceptors (Lipinski definition) is 3. The van der Waals surface area contributed by atoms with E-state index in [2.05, 4.69) is 18.5 Å². The number of carbonyl (C=O) groups excluding carboxylic acids is 1. The molecule has 26 heavy (non-hydrogen) atoms. The van der Waals surface area contributed by atoms with Gasteiger partial charge < -0.3 is 5.32 Å². The second kappa shape index (κ2) is 8.60. The largest absolute Gasteiger partial charge is 0.322 e. The van der Waals surface area contributed by atoms with Crippen LogP contribution in [0, 0.1) is 6.92 Å². The van der Waals surface area contributed by atoms with Gasteiger partial charge in [0.05, 0.1) is 4.90 Å². The number of aryl methyl sites for hydroxylation is 1. The van der Waals surface area contributed by atoms with Gasteiger partial charge in [0.25, 0.3) is 5.91 Å². The Kier molecular flexibility index (Phi) is 6.49. The molecule has 2 aromatic rings.